The van der Waals surface area contributed by atoms with Gasteiger partial charge in [-0.1, -0.05) is 22.9 Å². The third-order valence-corrected chi connectivity index (χ3v) is 2.49. The fourth-order valence-electron chi connectivity index (χ4n) is 1.00. The summed E-state index contributed by atoms with van der Waals surface area (Å²) in [6, 6.07) is 6.29. The van der Waals surface area contributed by atoms with Crippen molar-refractivity contribution in [3.63, 3.8) is 0 Å². The molecule has 0 fully saturated rings. The van der Waals surface area contributed by atoms with Gasteiger partial charge >= 0.3 is 0 Å². The lowest BCUT2D eigenvalue weighted by atomic mass is 10.1. The Labute approximate surface area is 75.9 Å². The van der Waals surface area contributed by atoms with Crippen LogP contribution in [-0.4, -0.2) is 7.05 Å². The van der Waals surface area contributed by atoms with Crippen LogP contribution in [0.3, 0.4) is 0 Å². The second-order valence-corrected chi connectivity index (χ2v) is 3.26. The molecule has 0 saturated carbocycles. The molecule has 0 aliphatic heterocycles. The third kappa shape index (κ3) is 1.96. The number of halogens is 1. The highest BCUT2D eigenvalue weighted by Crippen LogP contribution is 2.20. The molecule has 0 spiro atoms. The summed E-state index contributed by atoms with van der Waals surface area (Å²) in [5.74, 6) is 0. The van der Waals surface area contributed by atoms with Gasteiger partial charge in [0.1, 0.15) is 0 Å². The van der Waals surface area contributed by atoms with Crippen LogP contribution in [0, 0.1) is 0 Å². The molecule has 1 nitrogen and oxygen atoms in total. The van der Waals surface area contributed by atoms with Crippen molar-refractivity contribution in [2.24, 2.45) is 0 Å². The Hall–Kier alpha value is -0.500. The van der Waals surface area contributed by atoms with Gasteiger partial charge in [0.05, 0.1) is 0 Å². The van der Waals surface area contributed by atoms with Crippen molar-refractivity contribution < 1.29 is 0 Å². The Morgan fingerprint density at radius 3 is 2.73 bits per heavy atom. The topological polar surface area (TPSA) is 12.0 Å². The van der Waals surface area contributed by atoms with Crippen LogP contribution in [0.25, 0.3) is 0 Å². The molecular weight excluding hydrogens is 202 g/mol. The number of anilines is 1. The Kier molecular flexibility index (Phi) is 2.94. The molecule has 0 aliphatic rings. The van der Waals surface area contributed by atoms with Gasteiger partial charge in [-0.2, -0.15) is 0 Å². The first-order valence-electron chi connectivity index (χ1n) is 3.74. The van der Waals surface area contributed by atoms with E-state index < -0.39 is 0 Å². The molecule has 0 saturated heterocycles. The quantitative estimate of drug-likeness (QED) is 0.797. The number of hydrogen-bond donors (Lipinski definition) is 1. The summed E-state index contributed by atoms with van der Waals surface area (Å²) in [6.45, 7) is 2.15. The van der Waals surface area contributed by atoms with Gasteiger partial charge in [0.2, 0.25) is 0 Å². The Bertz CT molecular complexity index is 245. The summed E-state index contributed by atoms with van der Waals surface area (Å²) in [5, 5.41) is 3.11. The van der Waals surface area contributed by atoms with Crippen molar-refractivity contribution in [3.8, 4) is 0 Å². The van der Waals surface area contributed by atoms with E-state index in [4.69, 9.17) is 0 Å². The minimum absolute atomic E-state index is 1.07. The minimum Gasteiger partial charge on any atom is -0.388 e. The van der Waals surface area contributed by atoms with Crippen LogP contribution in [0.15, 0.2) is 22.7 Å². The molecule has 11 heavy (non-hydrogen) atoms. The van der Waals surface area contributed by atoms with Crippen molar-refractivity contribution in [2.45, 2.75) is 13.3 Å². The maximum absolute atomic E-state index is 3.49. The van der Waals surface area contributed by atoms with Crippen molar-refractivity contribution in [3.05, 3.63) is 28.2 Å². The van der Waals surface area contributed by atoms with Crippen LogP contribution in [0.4, 0.5) is 5.69 Å². The normalized spacial score (nSPS) is 9.73. The van der Waals surface area contributed by atoms with Crippen LogP contribution in [0.5, 0.6) is 0 Å². The number of nitrogens with one attached hydrogen (secondary N) is 1. The SMILES string of the molecule is CCc1cc(NC)ccc1Br. The largest absolute Gasteiger partial charge is 0.388 e. The highest BCUT2D eigenvalue weighted by Gasteiger charge is 1.96. The van der Waals surface area contributed by atoms with E-state index in [1.54, 1.807) is 0 Å². The molecule has 2 heteroatoms. The monoisotopic (exact) mass is 213 g/mol. The van der Waals surface area contributed by atoms with Crippen molar-refractivity contribution >= 4 is 21.6 Å². The standard InChI is InChI=1S/C9H12BrN/c1-3-7-6-8(11-2)4-5-9(7)10/h4-6,11H,3H2,1-2H3. The third-order valence-electron chi connectivity index (χ3n) is 1.72. The first-order valence-corrected chi connectivity index (χ1v) is 4.53. The van der Waals surface area contributed by atoms with E-state index in [0.29, 0.717) is 0 Å². The molecule has 1 aromatic rings. The number of benzene rings is 1. The van der Waals surface area contributed by atoms with Gasteiger partial charge < -0.3 is 5.32 Å². The Balaban J connectivity index is 3.02. The smallest absolute Gasteiger partial charge is 0.0341 e. The molecule has 0 bridgehead atoms. The number of rotatable bonds is 2. The van der Waals surface area contributed by atoms with E-state index in [-0.39, 0.29) is 0 Å². The van der Waals surface area contributed by atoms with Gasteiger partial charge in [0, 0.05) is 17.2 Å². The van der Waals surface area contributed by atoms with E-state index in [2.05, 4.69) is 46.4 Å². The van der Waals surface area contributed by atoms with Crippen LogP contribution < -0.4 is 5.32 Å². The zero-order valence-corrected chi connectivity index (χ0v) is 8.40. The predicted octanol–water partition coefficient (Wildman–Crippen LogP) is 3.05. The lowest BCUT2D eigenvalue weighted by Crippen LogP contribution is -1.90. The van der Waals surface area contributed by atoms with Crippen molar-refractivity contribution in [2.75, 3.05) is 12.4 Å². The van der Waals surface area contributed by atoms with Gasteiger partial charge in [0.15, 0.2) is 0 Å². The Morgan fingerprint density at radius 1 is 1.45 bits per heavy atom. The summed E-state index contributed by atoms with van der Waals surface area (Å²) in [7, 11) is 1.93. The lowest BCUT2D eigenvalue weighted by Gasteiger charge is -2.04. The van der Waals surface area contributed by atoms with E-state index in [0.717, 1.165) is 6.42 Å². The first-order chi connectivity index (χ1) is 5.27. The molecule has 0 amide bonds. The Morgan fingerprint density at radius 2 is 2.18 bits per heavy atom. The maximum atomic E-state index is 3.49. The summed E-state index contributed by atoms with van der Waals surface area (Å²) < 4.78 is 1.19. The van der Waals surface area contributed by atoms with Crippen LogP contribution in [0.1, 0.15) is 12.5 Å². The number of aryl methyl sites for hydroxylation is 1. The second-order valence-electron chi connectivity index (χ2n) is 2.41. The second kappa shape index (κ2) is 3.77. The fraction of sp³-hybridized carbons (Fsp3) is 0.333. The van der Waals surface area contributed by atoms with E-state index >= 15 is 0 Å². The molecule has 60 valence electrons. The van der Waals surface area contributed by atoms with Crippen molar-refractivity contribution in [1.29, 1.82) is 0 Å². The molecule has 0 heterocycles. The molecule has 0 aliphatic carbocycles. The molecule has 0 unspecified atom stereocenters. The van der Waals surface area contributed by atoms with Gasteiger partial charge in [0.25, 0.3) is 0 Å². The molecule has 1 N–H and O–H groups in total. The van der Waals surface area contributed by atoms with Crippen LogP contribution in [-0.2, 0) is 6.42 Å². The fourth-order valence-corrected chi connectivity index (χ4v) is 1.53. The molecule has 0 atom stereocenters. The van der Waals surface area contributed by atoms with Crippen molar-refractivity contribution in [1.82, 2.24) is 0 Å². The summed E-state index contributed by atoms with van der Waals surface area (Å²) in [6.07, 6.45) is 1.07. The first kappa shape index (κ1) is 8.60. The van der Waals surface area contributed by atoms with E-state index in [1.807, 2.05) is 7.05 Å². The van der Waals surface area contributed by atoms with Crippen LogP contribution in [0.2, 0.25) is 0 Å². The highest BCUT2D eigenvalue weighted by atomic mass is 79.9. The molecule has 0 radical (unpaired) electrons. The predicted molar refractivity (Wildman–Crippen MR) is 53.1 cm³/mol. The molecule has 0 aromatic heterocycles. The van der Waals surface area contributed by atoms with E-state index in [1.165, 1.54) is 15.7 Å². The molecule has 1 aromatic carbocycles. The summed E-state index contributed by atoms with van der Waals surface area (Å²) in [4.78, 5) is 0. The summed E-state index contributed by atoms with van der Waals surface area (Å²) >= 11 is 3.49. The van der Waals surface area contributed by atoms with Crippen LogP contribution >= 0.6 is 15.9 Å². The van der Waals surface area contributed by atoms with Gasteiger partial charge in [-0.05, 0) is 30.2 Å². The van der Waals surface area contributed by atoms with Gasteiger partial charge in [-0.15, -0.1) is 0 Å². The summed E-state index contributed by atoms with van der Waals surface area (Å²) in [5.41, 5.74) is 2.52. The zero-order chi connectivity index (χ0) is 8.27. The average molecular weight is 214 g/mol. The maximum Gasteiger partial charge on any atom is 0.0341 e. The van der Waals surface area contributed by atoms with Gasteiger partial charge in [-0.25, -0.2) is 0 Å². The average Bonchev–Trinajstić information content (AvgIpc) is 2.05. The molecule has 1 rings (SSSR count). The van der Waals surface area contributed by atoms with E-state index in [9.17, 15) is 0 Å². The minimum atomic E-state index is 1.07. The molecular formula is C9H12BrN. The van der Waals surface area contributed by atoms with Gasteiger partial charge in [-0.3, -0.25) is 0 Å². The lowest BCUT2D eigenvalue weighted by molar-refractivity contribution is 1.13. The highest BCUT2D eigenvalue weighted by molar-refractivity contribution is 9.10. The zero-order valence-electron chi connectivity index (χ0n) is 6.82. The number of hydrogen-bond acceptors (Lipinski definition) is 1.